The third-order valence-electron chi connectivity index (χ3n) is 2.67. The SMILES string of the molecule is CC(CCNC(=O)c1cc(Br)c[nH]1)CCC(=O)O. The maximum absolute atomic E-state index is 11.6. The molecule has 6 heteroatoms. The lowest BCUT2D eigenvalue weighted by Gasteiger charge is -2.10. The molecule has 1 atom stereocenters. The number of hydrogen-bond acceptors (Lipinski definition) is 2. The summed E-state index contributed by atoms with van der Waals surface area (Å²) in [5.41, 5.74) is 0.514. The molecule has 0 saturated carbocycles. The number of hydrogen-bond donors (Lipinski definition) is 3. The van der Waals surface area contributed by atoms with E-state index in [-0.39, 0.29) is 18.2 Å². The van der Waals surface area contributed by atoms with Crippen molar-refractivity contribution in [1.29, 1.82) is 0 Å². The van der Waals surface area contributed by atoms with Gasteiger partial charge < -0.3 is 15.4 Å². The number of carbonyl (C=O) groups is 2. The first-order valence-corrected chi connectivity index (χ1v) is 6.62. The van der Waals surface area contributed by atoms with E-state index in [4.69, 9.17) is 5.11 Å². The number of carboxylic acid groups (broad SMARTS) is 1. The van der Waals surface area contributed by atoms with Crippen molar-refractivity contribution >= 4 is 27.8 Å². The molecule has 3 N–H and O–H groups in total. The number of nitrogens with one attached hydrogen (secondary N) is 2. The van der Waals surface area contributed by atoms with Crippen molar-refractivity contribution in [2.24, 2.45) is 5.92 Å². The molecule has 0 aliphatic heterocycles. The van der Waals surface area contributed by atoms with E-state index in [0.29, 0.717) is 18.7 Å². The molecule has 1 heterocycles. The molecule has 0 bridgehead atoms. The van der Waals surface area contributed by atoms with E-state index in [1.54, 1.807) is 12.3 Å². The predicted octanol–water partition coefficient (Wildman–Crippen LogP) is 2.40. The van der Waals surface area contributed by atoms with Crippen LogP contribution in [-0.4, -0.2) is 28.5 Å². The van der Waals surface area contributed by atoms with Gasteiger partial charge in [0, 0.05) is 23.6 Å². The van der Waals surface area contributed by atoms with E-state index in [1.165, 1.54) is 0 Å². The zero-order chi connectivity index (χ0) is 13.5. The van der Waals surface area contributed by atoms with Crippen LogP contribution in [0.1, 0.15) is 36.7 Å². The van der Waals surface area contributed by atoms with E-state index in [9.17, 15) is 9.59 Å². The molecule has 0 saturated heterocycles. The zero-order valence-corrected chi connectivity index (χ0v) is 11.8. The molecule has 1 aromatic rings. The number of aromatic nitrogens is 1. The minimum atomic E-state index is -0.776. The fraction of sp³-hybridized carbons (Fsp3) is 0.500. The van der Waals surface area contributed by atoms with Gasteiger partial charge >= 0.3 is 5.97 Å². The van der Waals surface area contributed by atoms with Gasteiger partial charge in [-0.15, -0.1) is 0 Å². The van der Waals surface area contributed by atoms with Crippen LogP contribution in [0.15, 0.2) is 16.7 Å². The van der Waals surface area contributed by atoms with Gasteiger partial charge in [-0.2, -0.15) is 0 Å². The minimum absolute atomic E-state index is 0.147. The Kier molecular flexibility index (Phi) is 5.91. The number of H-pyrrole nitrogens is 1. The second kappa shape index (κ2) is 7.20. The van der Waals surface area contributed by atoms with Crippen molar-refractivity contribution in [1.82, 2.24) is 10.3 Å². The smallest absolute Gasteiger partial charge is 0.303 e. The maximum Gasteiger partial charge on any atom is 0.303 e. The topological polar surface area (TPSA) is 82.2 Å². The summed E-state index contributed by atoms with van der Waals surface area (Å²) < 4.78 is 0.836. The molecular formula is C12H17BrN2O3. The van der Waals surface area contributed by atoms with Crippen LogP contribution in [0.5, 0.6) is 0 Å². The van der Waals surface area contributed by atoms with Crippen LogP contribution in [0.25, 0.3) is 0 Å². The fourth-order valence-electron chi connectivity index (χ4n) is 1.54. The molecule has 0 aromatic carbocycles. The molecule has 0 aliphatic carbocycles. The van der Waals surface area contributed by atoms with Crippen molar-refractivity contribution < 1.29 is 14.7 Å². The van der Waals surface area contributed by atoms with Gasteiger partial charge in [-0.3, -0.25) is 9.59 Å². The summed E-state index contributed by atoms with van der Waals surface area (Å²) in [7, 11) is 0. The second-order valence-corrected chi connectivity index (χ2v) is 5.23. The van der Waals surface area contributed by atoms with Gasteiger partial charge in [-0.05, 0) is 40.8 Å². The lowest BCUT2D eigenvalue weighted by Crippen LogP contribution is -2.25. The van der Waals surface area contributed by atoms with E-state index in [0.717, 1.165) is 10.9 Å². The molecular weight excluding hydrogens is 300 g/mol. The highest BCUT2D eigenvalue weighted by molar-refractivity contribution is 9.10. The molecule has 0 radical (unpaired) electrons. The molecule has 1 unspecified atom stereocenters. The maximum atomic E-state index is 11.6. The van der Waals surface area contributed by atoms with Gasteiger partial charge in [-0.25, -0.2) is 0 Å². The predicted molar refractivity (Wildman–Crippen MR) is 71.5 cm³/mol. The second-order valence-electron chi connectivity index (χ2n) is 4.31. The lowest BCUT2D eigenvalue weighted by atomic mass is 10.0. The summed E-state index contributed by atoms with van der Waals surface area (Å²) in [4.78, 5) is 24.9. The lowest BCUT2D eigenvalue weighted by molar-refractivity contribution is -0.137. The average molecular weight is 317 g/mol. The first-order valence-electron chi connectivity index (χ1n) is 5.83. The van der Waals surface area contributed by atoms with Crippen molar-refractivity contribution in [3.05, 3.63) is 22.4 Å². The molecule has 1 amide bonds. The fourth-order valence-corrected chi connectivity index (χ4v) is 1.88. The van der Waals surface area contributed by atoms with Crippen LogP contribution in [0.2, 0.25) is 0 Å². The quantitative estimate of drug-likeness (QED) is 0.722. The van der Waals surface area contributed by atoms with E-state index in [2.05, 4.69) is 26.2 Å². The Hall–Kier alpha value is -1.30. The standard InChI is InChI=1S/C12H17BrN2O3/c1-8(2-3-11(16)17)4-5-14-12(18)10-6-9(13)7-15-10/h6-8,15H,2-5H2,1H3,(H,14,18)(H,16,17). The average Bonchev–Trinajstić information content (AvgIpc) is 2.73. The van der Waals surface area contributed by atoms with E-state index >= 15 is 0 Å². The number of carbonyl (C=O) groups excluding carboxylic acids is 1. The van der Waals surface area contributed by atoms with Gasteiger partial charge in [0.1, 0.15) is 5.69 Å². The van der Waals surface area contributed by atoms with Crippen molar-refractivity contribution in [2.75, 3.05) is 6.54 Å². The van der Waals surface area contributed by atoms with Gasteiger partial charge in [0.05, 0.1) is 0 Å². The Morgan fingerprint density at radius 1 is 1.50 bits per heavy atom. The summed E-state index contributed by atoms with van der Waals surface area (Å²) in [6, 6.07) is 1.71. The highest BCUT2D eigenvalue weighted by Gasteiger charge is 2.09. The summed E-state index contributed by atoms with van der Waals surface area (Å²) in [6.45, 7) is 2.54. The third-order valence-corrected chi connectivity index (χ3v) is 3.12. The molecule has 100 valence electrons. The molecule has 5 nitrogen and oxygen atoms in total. The van der Waals surface area contributed by atoms with Crippen LogP contribution in [-0.2, 0) is 4.79 Å². The van der Waals surface area contributed by atoms with Gasteiger partial charge in [0.15, 0.2) is 0 Å². The molecule has 1 rings (SSSR count). The molecule has 18 heavy (non-hydrogen) atoms. The Bertz CT molecular complexity index is 417. The minimum Gasteiger partial charge on any atom is -0.481 e. The Labute approximate surface area is 114 Å². The number of rotatable bonds is 7. The van der Waals surface area contributed by atoms with Crippen LogP contribution in [0.4, 0.5) is 0 Å². The van der Waals surface area contributed by atoms with Gasteiger partial charge in [0.25, 0.3) is 5.91 Å². The third kappa shape index (κ3) is 5.35. The first kappa shape index (κ1) is 14.8. The van der Waals surface area contributed by atoms with E-state index in [1.807, 2.05) is 6.92 Å². The molecule has 0 fully saturated rings. The Morgan fingerprint density at radius 2 is 2.22 bits per heavy atom. The number of halogens is 1. The van der Waals surface area contributed by atoms with Crippen LogP contribution in [0, 0.1) is 5.92 Å². The zero-order valence-electron chi connectivity index (χ0n) is 10.2. The Balaban J connectivity index is 2.21. The number of amides is 1. The molecule has 1 aromatic heterocycles. The summed E-state index contributed by atoms with van der Waals surface area (Å²) in [5, 5.41) is 11.3. The molecule has 0 aliphatic rings. The van der Waals surface area contributed by atoms with Crippen molar-refractivity contribution in [3.63, 3.8) is 0 Å². The monoisotopic (exact) mass is 316 g/mol. The highest BCUT2D eigenvalue weighted by atomic mass is 79.9. The van der Waals surface area contributed by atoms with Crippen molar-refractivity contribution in [2.45, 2.75) is 26.2 Å². The summed E-state index contributed by atoms with van der Waals surface area (Å²) in [6.07, 6.45) is 3.29. The molecule has 0 spiro atoms. The Morgan fingerprint density at radius 3 is 2.78 bits per heavy atom. The highest BCUT2D eigenvalue weighted by Crippen LogP contribution is 2.11. The summed E-state index contributed by atoms with van der Waals surface area (Å²) in [5.74, 6) is -0.634. The number of carboxylic acids is 1. The van der Waals surface area contributed by atoms with Gasteiger partial charge in [0.2, 0.25) is 0 Å². The van der Waals surface area contributed by atoms with Crippen LogP contribution in [0.3, 0.4) is 0 Å². The van der Waals surface area contributed by atoms with Crippen LogP contribution >= 0.6 is 15.9 Å². The summed E-state index contributed by atoms with van der Waals surface area (Å²) >= 11 is 3.26. The number of aromatic amines is 1. The normalized spacial score (nSPS) is 12.1. The van der Waals surface area contributed by atoms with Gasteiger partial charge in [-0.1, -0.05) is 6.92 Å². The van der Waals surface area contributed by atoms with Crippen LogP contribution < -0.4 is 5.32 Å². The van der Waals surface area contributed by atoms with E-state index < -0.39 is 5.97 Å². The number of aliphatic carboxylic acids is 1. The van der Waals surface area contributed by atoms with Crippen molar-refractivity contribution in [3.8, 4) is 0 Å². The largest absolute Gasteiger partial charge is 0.481 e. The first-order chi connectivity index (χ1) is 8.49.